The summed E-state index contributed by atoms with van der Waals surface area (Å²) in [6.07, 6.45) is 3.16. The Hall–Kier alpha value is -3.41. The summed E-state index contributed by atoms with van der Waals surface area (Å²) in [5.41, 5.74) is 0.614. The predicted molar refractivity (Wildman–Crippen MR) is 98.9 cm³/mol. The molecule has 0 bridgehead atoms. The topological polar surface area (TPSA) is 55.8 Å². The van der Waals surface area contributed by atoms with Gasteiger partial charge in [0.25, 0.3) is 0 Å². The van der Waals surface area contributed by atoms with Gasteiger partial charge < -0.3 is 14.6 Å². The van der Waals surface area contributed by atoms with Gasteiger partial charge in [0, 0.05) is 22.8 Å². The van der Waals surface area contributed by atoms with E-state index in [-0.39, 0.29) is 34.0 Å². The summed E-state index contributed by atoms with van der Waals surface area (Å²) < 4.78 is 38.3. The van der Waals surface area contributed by atoms with E-state index in [9.17, 15) is 18.7 Å². The zero-order valence-corrected chi connectivity index (χ0v) is 14.8. The second-order valence-corrected chi connectivity index (χ2v) is 5.42. The minimum Gasteiger partial charge on any atom is -0.508 e. The van der Waals surface area contributed by atoms with Gasteiger partial charge in [-0.2, -0.15) is 0 Å². The summed E-state index contributed by atoms with van der Waals surface area (Å²) in [6.45, 7) is 3.36. The largest absolute Gasteiger partial charge is 0.508 e. The smallest absolute Gasteiger partial charge is 0.182 e. The van der Waals surface area contributed by atoms with Crippen molar-refractivity contribution in [2.75, 3.05) is 14.2 Å². The molecule has 2 rings (SSSR count). The van der Waals surface area contributed by atoms with Crippen LogP contribution in [0, 0.1) is 11.6 Å². The van der Waals surface area contributed by atoms with Crippen LogP contribution in [0.25, 0.3) is 5.57 Å². The van der Waals surface area contributed by atoms with Gasteiger partial charge in [0.15, 0.2) is 5.78 Å². The number of carbonyl (C=O) groups excluding carboxylic acids is 1. The molecule has 27 heavy (non-hydrogen) atoms. The molecule has 0 radical (unpaired) electrons. The number of allylic oxidation sites excluding steroid dienone is 3. The lowest BCUT2D eigenvalue weighted by Gasteiger charge is -2.15. The Kier molecular flexibility index (Phi) is 6.49. The molecule has 0 unspecified atom stereocenters. The summed E-state index contributed by atoms with van der Waals surface area (Å²) in [4.78, 5) is 12.3. The highest BCUT2D eigenvalue weighted by Crippen LogP contribution is 2.36. The first kappa shape index (κ1) is 19.9. The van der Waals surface area contributed by atoms with Gasteiger partial charge in [-0.1, -0.05) is 6.58 Å². The number of benzene rings is 2. The SMILES string of the molecule is C=CC(O)=CC(=O)C=C(c1cc(F)ccc1OC)c1cc(F)ccc1OC. The Morgan fingerprint density at radius 1 is 0.963 bits per heavy atom. The number of aliphatic hydroxyl groups is 1. The van der Waals surface area contributed by atoms with Crippen molar-refractivity contribution in [2.24, 2.45) is 0 Å². The number of carbonyl (C=O) groups is 1. The average Bonchev–Trinajstić information content (AvgIpc) is 2.65. The number of halogens is 2. The van der Waals surface area contributed by atoms with E-state index in [4.69, 9.17) is 9.47 Å². The molecule has 0 atom stereocenters. The van der Waals surface area contributed by atoms with Crippen molar-refractivity contribution in [3.05, 3.63) is 89.7 Å². The molecule has 0 aliphatic carbocycles. The fourth-order valence-corrected chi connectivity index (χ4v) is 2.47. The van der Waals surface area contributed by atoms with Gasteiger partial charge >= 0.3 is 0 Å². The lowest BCUT2D eigenvalue weighted by molar-refractivity contribution is -0.110. The molecule has 0 fully saturated rings. The molecule has 0 aliphatic heterocycles. The van der Waals surface area contributed by atoms with Crippen LogP contribution < -0.4 is 9.47 Å². The summed E-state index contributed by atoms with van der Waals surface area (Å²) in [6, 6.07) is 7.53. The average molecular weight is 372 g/mol. The molecule has 0 heterocycles. The van der Waals surface area contributed by atoms with Gasteiger partial charge in [-0.25, -0.2) is 8.78 Å². The van der Waals surface area contributed by atoms with Gasteiger partial charge in [0.1, 0.15) is 28.9 Å². The fourth-order valence-electron chi connectivity index (χ4n) is 2.47. The third kappa shape index (κ3) is 4.82. The molecule has 2 aromatic rings. The Morgan fingerprint density at radius 3 is 1.85 bits per heavy atom. The number of hydrogen-bond donors (Lipinski definition) is 1. The third-order valence-corrected chi connectivity index (χ3v) is 3.69. The maximum atomic E-state index is 13.9. The minimum absolute atomic E-state index is 0.167. The van der Waals surface area contributed by atoms with E-state index < -0.39 is 17.4 Å². The van der Waals surface area contributed by atoms with Crippen LogP contribution >= 0.6 is 0 Å². The Morgan fingerprint density at radius 2 is 1.44 bits per heavy atom. The maximum absolute atomic E-state index is 13.9. The first-order valence-corrected chi connectivity index (χ1v) is 7.86. The zero-order chi connectivity index (χ0) is 20.0. The van der Waals surface area contributed by atoms with E-state index >= 15 is 0 Å². The molecule has 0 amide bonds. The van der Waals surface area contributed by atoms with E-state index in [1.807, 2.05) is 0 Å². The molecular weight excluding hydrogens is 354 g/mol. The molecule has 0 aromatic heterocycles. The molecular formula is C21H18F2O4. The monoisotopic (exact) mass is 372 g/mol. The molecule has 6 heteroatoms. The lowest BCUT2D eigenvalue weighted by atomic mass is 9.94. The molecule has 1 N–H and O–H groups in total. The van der Waals surface area contributed by atoms with Crippen LogP contribution in [-0.2, 0) is 4.79 Å². The molecule has 0 spiro atoms. The van der Waals surface area contributed by atoms with Crippen molar-refractivity contribution >= 4 is 11.4 Å². The van der Waals surface area contributed by atoms with Gasteiger partial charge in [0.2, 0.25) is 0 Å². The Labute approximate surface area is 155 Å². The van der Waals surface area contributed by atoms with E-state index in [1.165, 1.54) is 50.6 Å². The minimum atomic E-state index is -0.611. The highest BCUT2D eigenvalue weighted by molar-refractivity contribution is 6.07. The van der Waals surface area contributed by atoms with Gasteiger partial charge in [-0.05, 0) is 48.6 Å². The molecule has 2 aromatic carbocycles. The van der Waals surface area contributed by atoms with Crippen LogP contribution in [0.2, 0.25) is 0 Å². The summed E-state index contributed by atoms with van der Waals surface area (Å²) in [5.74, 6) is -1.53. The zero-order valence-electron chi connectivity index (χ0n) is 14.8. The van der Waals surface area contributed by atoms with Gasteiger partial charge in [0.05, 0.1) is 14.2 Å². The lowest BCUT2D eigenvalue weighted by Crippen LogP contribution is -2.01. The number of rotatable bonds is 7. The molecule has 4 nitrogen and oxygen atoms in total. The summed E-state index contributed by atoms with van der Waals surface area (Å²) in [5, 5.41) is 9.50. The van der Waals surface area contributed by atoms with Crippen LogP contribution in [0.4, 0.5) is 8.78 Å². The molecule has 0 aliphatic rings. The quantitative estimate of drug-likeness (QED) is 0.438. The number of aliphatic hydroxyl groups excluding tert-OH is 1. The summed E-state index contributed by atoms with van der Waals surface area (Å²) in [7, 11) is 2.78. The number of methoxy groups -OCH3 is 2. The first-order chi connectivity index (χ1) is 12.9. The standard InChI is InChI=1S/C21H18F2O4/c1-4-15(24)11-16(25)12-17(18-9-13(22)5-7-20(18)26-2)19-10-14(23)6-8-21(19)27-3/h4-12,24H,1H2,2-3H3. The predicted octanol–water partition coefficient (Wildman–Crippen LogP) is 4.61. The van der Waals surface area contributed by atoms with Crippen molar-refractivity contribution in [1.82, 2.24) is 0 Å². The van der Waals surface area contributed by atoms with Crippen LogP contribution in [0.5, 0.6) is 11.5 Å². The normalized spacial score (nSPS) is 10.9. The van der Waals surface area contributed by atoms with Crippen LogP contribution in [0.15, 0.2) is 67.0 Å². The van der Waals surface area contributed by atoms with Crippen molar-refractivity contribution in [3.63, 3.8) is 0 Å². The van der Waals surface area contributed by atoms with Crippen molar-refractivity contribution in [3.8, 4) is 11.5 Å². The second-order valence-electron chi connectivity index (χ2n) is 5.42. The first-order valence-electron chi connectivity index (χ1n) is 7.86. The Bertz CT molecular complexity index is 874. The maximum Gasteiger partial charge on any atom is 0.182 e. The van der Waals surface area contributed by atoms with Crippen LogP contribution in [-0.4, -0.2) is 25.1 Å². The van der Waals surface area contributed by atoms with E-state index in [1.54, 1.807) is 0 Å². The molecule has 140 valence electrons. The second kappa shape index (κ2) is 8.80. The fraction of sp³-hybridized carbons (Fsp3) is 0.0952. The van der Waals surface area contributed by atoms with Crippen molar-refractivity contribution in [1.29, 1.82) is 0 Å². The highest BCUT2D eigenvalue weighted by atomic mass is 19.1. The van der Waals surface area contributed by atoms with Gasteiger partial charge in [-0.3, -0.25) is 4.79 Å². The molecule has 0 saturated heterocycles. The van der Waals surface area contributed by atoms with Crippen LogP contribution in [0.3, 0.4) is 0 Å². The van der Waals surface area contributed by atoms with E-state index in [0.717, 1.165) is 18.2 Å². The van der Waals surface area contributed by atoms with Crippen LogP contribution in [0.1, 0.15) is 11.1 Å². The van der Waals surface area contributed by atoms with Crippen molar-refractivity contribution in [2.45, 2.75) is 0 Å². The Balaban J connectivity index is 2.78. The number of ether oxygens (including phenoxy) is 2. The summed E-state index contributed by atoms with van der Waals surface area (Å²) >= 11 is 0. The third-order valence-electron chi connectivity index (χ3n) is 3.69. The van der Waals surface area contributed by atoms with E-state index in [0.29, 0.717) is 0 Å². The highest BCUT2D eigenvalue weighted by Gasteiger charge is 2.18. The van der Waals surface area contributed by atoms with Gasteiger partial charge in [-0.15, -0.1) is 0 Å². The number of ketones is 1. The number of hydrogen-bond acceptors (Lipinski definition) is 4. The van der Waals surface area contributed by atoms with E-state index in [2.05, 4.69) is 6.58 Å². The molecule has 0 saturated carbocycles. The van der Waals surface area contributed by atoms with Crippen molar-refractivity contribution < 1.29 is 28.2 Å².